The van der Waals surface area contributed by atoms with E-state index in [9.17, 15) is 14.7 Å². The molecule has 0 saturated carbocycles. The summed E-state index contributed by atoms with van der Waals surface area (Å²) < 4.78 is 10.3. The van der Waals surface area contributed by atoms with Gasteiger partial charge in [0.1, 0.15) is 22.4 Å². The molecule has 8 heteroatoms. The third-order valence-electron chi connectivity index (χ3n) is 2.79. The van der Waals surface area contributed by atoms with Gasteiger partial charge in [-0.3, -0.25) is 15.3 Å². The maximum absolute atomic E-state index is 12.0. The molecule has 122 valence electrons. The molecule has 1 amide bonds. The predicted octanol–water partition coefficient (Wildman–Crippen LogP) is 2.68. The van der Waals surface area contributed by atoms with Crippen molar-refractivity contribution in [3.05, 3.63) is 24.0 Å². The minimum absolute atomic E-state index is 0.0193. The first kappa shape index (κ1) is 16.5. The van der Waals surface area contributed by atoms with Crippen LogP contribution in [0, 0.1) is 0 Å². The Balaban J connectivity index is 2.61. The Morgan fingerprint density at radius 3 is 2.43 bits per heavy atom. The highest BCUT2D eigenvalue weighted by Gasteiger charge is 2.25. The number of rotatable bonds is 3. The number of aromatic nitrogens is 2. The molecule has 0 unspecified atom stereocenters. The van der Waals surface area contributed by atoms with Crippen molar-refractivity contribution >= 4 is 28.8 Å². The number of carboxylic acids is 1. The Kier molecular flexibility index (Phi) is 4.35. The Morgan fingerprint density at radius 1 is 1.22 bits per heavy atom. The third-order valence-corrected chi connectivity index (χ3v) is 2.79. The van der Waals surface area contributed by atoms with Crippen LogP contribution in [0.5, 0.6) is 5.75 Å². The largest absolute Gasteiger partial charge is 0.496 e. The van der Waals surface area contributed by atoms with Crippen molar-refractivity contribution in [3.8, 4) is 5.75 Å². The summed E-state index contributed by atoms with van der Waals surface area (Å²) in [6, 6.07) is 1.45. The van der Waals surface area contributed by atoms with Crippen LogP contribution in [-0.2, 0) is 4.74 Å². The van der Waals surface area contributed by atoms with Crippen LogP contribution >= 0.6 is 0 Å². The van der Waals surface area contributed by atoms with Gasteiger partial charge in [0.05, 0.1) is 18.3 Å². The number of fused-ring (bicyclic) bond motifs is 1. The number of carbonyl (C=O) groups is 2. The van der Waals surface area contributed by atoms with Crippen LogP contribution in [0.4, 0.5) is 10.5 Å². The number of carboxylic acid groups (broad SMARTS) is 1. The first-order chi connectivity index (χ1) is 10.7. The lowest BCUT2D eigenvalue weighted by Gasteiger charge is -2.21. The van der Waals surface area contributed by atoms with Crippen molar-refractivity contribution in [1.82, 2.24) is 9.97 Å². The summed E-state index contributed by atoms with van der Waals surface area (Å²) in [5.41, 5.74) is -0.342. The van der Waals surface area contributed by atoms with Gasteiger partial charge in [0.15, 0.2) is 0 Å². The number of ether oxygens (including phenoxy) is 2. The topological polar surface area (TPSA) is 111 Å². The first-order valence-corrected chi connectivity index (χ1v) is 6.78. The van der Waals surface area contributed by atoms with E-state index in [1.54, 1.807) is 20.8 Å². The normalized spacial score (nSPS) is 11.1. The van der Waals surface area contributed by atoms with Crippen LogP contribution in [0.1, 0.15) is 31.1 Å². The average Bonchev–Trinajstić information content (AvgIpc) is 2.44. The Bertz CT molecular complexity index is 768. The smallest absolute Gasteiger partial charge is 0.412 e. The molecule has 0 aliphatic rings. The molecule has 1 heterocycles. The van der Waals surface area contributed by atoms with E-state index >= 15 is 0 Å². The molecule has 0 radical (unpaired) electrons. The van der Waals surface area contributed by atoms with Crippen LogP contribution in [0.3, 0.4) is 0 Å². The lowest BCUT2D eigenvalue weighted by Crippen LogP contribution is -2.28. The van der Waals surface area contributed by atoms with Gasteiger partial charge in [-0.2, -0.15) is 0 Å². The molecule has 2 N–H and O–H groups in total. The SMILES string of the molecule is COc1cc2nccnc2c(NC(=O)OC(C)(C)C)c1C(=O)O. The number of benzene rings is 1. The van der Waals surface area contributed by atoms with Gasteiger partial charge in [-0.25, -0.2) is 9.59 Å². The lowest BCUT2D eigenvalue weighted by molar-refractivity contribution is 0.0636. The standard InChI is InChI=1S/C15H17N3O5/c1-15(2,3)23-14(21)18-12-10(13(19)20)9(22-4)7-8-11(12)17-6-5-16-8/h5-7H,1-4H3,(H,18,21)(H,19,20). The summed E-state index contributed by atoms with van der Waals surface area (Å²) in [5, 5.41) is 11.9. The highest BCUT2D eigenvalue weighted by Crippen LogP contribution is 2.33. The fourth-order valence-electron chi connectivity index (χ4n) is 1.99. The van der Waals surface area contributed by atoms with E-state index in [1.807, 2.05) is 0 Å². The highest BCUT2D eigenvalue weighted by atomic mass is 16.6. The molecular formula is C15H17N3O5. The van der Waals surface area contributed by atoms with Gasteiger partial charge >= 0.3 is 12.1 Å². The van der Waals surface area contributed by atoms with Gasteiger partial charge in [-0.1, -0.05) is 0 Å². The van der Waals surface area contributed by atoms with Crippen molar-refractivity contribution in [2.75, 3.05) is 12.4 Å². The fourth-order valence-corrected chi connectivity index (χ4v) is 1.99. The minimum Gasteiger partial charge on any atom is -0.496 e. The number of nitrogens with one attached hydrogen (secondary N) is 1. The number of amides is 1. The zero-order valence-electron chi connectivity index (χ0n) is 13.2. The predicted molar refractivity (Wildman–Crippen MR) is 82.9 cm³/mol. The van der Waals surface area contributed by atoms with Crippen molar-refractivity contribution < 1.29 is 24.2 Å². The van der Waals surface area contributed by atoms with E-state index < -0.39 is 17.7 Å². The van der Waals surface area contributed by atoms with Gasteiger partial charge in [0.25, 0.3) is 0 Å². The summed E-state index contributed by atoms with van der Waals surface area (Å²) in [6.07, 6.45) is 2.07. The number of carbonyl (C=O) groups excluding carboxylic acids is 1. The van der Waals surface area contributed by atoms with Crippen LogP contribution in [0.2, 0.25) is 0 Å². The summed E-state index contributed by atoms with van der Waals surface area (Å²) in [4.78, 5) is 31.8. The Labute approximate surface area is 132 Å². The van der Waals surface area contributed by atoms with Gasteiger partial charge in [0, 0.05) is 18.5 Å². The monoisotopic (exact) mass is 319 g/mol. The molecule has 23 heavy (non-hydrogen) atoms. The molecular weight excluding hydrogens is 302 g/mol. The maximum atomic E-state index is 12.0. The zero-order chi connectivity index (χ0) is 17.2. The number of hydrogen-bond donors (Lipinski definition) is 2. The van der Waals surface area contributed by atoms with Crippen molar-refractivity contribution in [3.63, 3.8) is 0 Å². The molecule has 1 aromatic heterocycles. The summed E-state index contributed by atoms with van der Waals surface area (Å²) in [5.74, 6) is -1.20. The molecule has 0 fully saturated rings. The van der Waals surface area contributed by atoms with Gasteiger partial charge in [-0.15, -0.1) is 0 Å². The molecule has 0 bridgehead atoms. The summed E-state index contributed by atoms with van der Waals surface area (Å²) in [7, 11) is 1.33. The third kappa shape index (κ3) is 3.65. The van der Waals surface area contributed by atoms with E-state index in [1.165, 1.54) is 25.6 Å². The fraction of sp³-hybridized carbons (Fsp3) is 0.333. The molecule has 0 spiro atoms. The number of methoxy groups -OCH3 is 1. The Morgan fingerprint density at radius 2 is 1.87 bits per heavy atom. The van der Waals surface area contributed by atoms with Crippen LogP contribution in [-0.4, -0.2) is 39.8 Å². The van der Waals surface area contributed by atoms with E-state index in [0.717, 1.165) is 0 Å². The average molecular weight is 319 g/mol. The van der Waals surface area contributed by atoms with Crippen LogP contribution in [0.25, 0.3) is 11.0 Å². The number of anilines is 1. The minimum atomic E-state index is -1.26. The number of nitrogens with zero attached hydrogens (tertiary/aromatic N) is 2. The molecule has 0 atom stereocenters. The second kappa shape index (κ2) is 6.07. The second-order valence-electron chi connectivity index (χ2n) is 5.68. The first-order valence-electron chi connectivity index (χ1n) is 6.78. The second-order valence-corrected chi connectivity index (χ2v) is 5.68. The van der Waals surface area contributed by atoms with Crippen molar-refractivity contribution in [1.29, 1.82) is 0 Å². The quantitative estimate of drug-likeness (QED) is 0.894. The van der Waals surface area contributed by atoms with Crippen molar-refractivity contribution in [2.24, 2.45) is 0 Å². The van der Waals surface area contributed by atoms with Crippen LogP contribution in [0.15, 0.2) is 18.5 Å². The molecule has 0 aliphatic carbocycles. The number of aromatic carboxylic acids is 1. The van der Waals surface area contributed by atoms with E-state index in [4.69, 9.17) is 9.47 Å². The molecule has 2 rings (SSSR count). The lowest BCUT2D eigenvalue weighted by atomic mass is 10.1. The highest BCUT2D eigenvalue weighted by molar-refractivity contribution is 6.09. The van der Waals surface area contributed by atoms with E-state index in [2.05, 4.69) is 15.3 Å². The molecule has 2 aromatic rings. The van der Waals surface area contributed by atoms with E-state index in [-0.39, 0.29) is 22.5 Å². The zero-order valence-corrected chi connectivity index (χ0v) is 13.2. The summed E-state index contributed by atoms with van der Waals surface area (Å²) >= 11 is 0. The molecule has 8 nitrogen and oxygen atoms in total. The molecule has 0 saturated heterocycles. The van der Waals surface area contributed by atoms with E-state index in [0.29, 0.717) is 5.52 Å². The van der Waals surface area contributed by atoms with Gasteiger partial charge < -0.3 is 14.6 Å². The summed E-state index contributed by atoms with van der Waals surface area (Å²) in [6.45, 7) is 5.11. The molecule has 1 aromatic carbocycles. The molecule has 0 aliphatic heterocycles. The maximum Gasteiger partial charge on any atom is 0.412 e. The van der Waals surface area contributed by atoms with Crippen molar-refractivity contribution in [2.45, 2.75) is 26.4 Å². The number of hydrogen-bond acceptors (Lipinski definition) is 6. The Hall–Kier alpha value is -2.90. The van der Waals surface area contributed by atoms with Gasteiger partial charge in [0.2, 0.25) is 0 Å². The van der Waals surface area contributed by atoms with Crippen LogP contribution < -0.4 is 10.1 Å². The van der Waals surface area contributed by atoms with Gasteiger partial charge in [-0.05, 0) is 20.8 Å².